The van der Waals surface area contributed by atoms with Crippen molar-refractivity contribution in [2.75, 3.05) is 13.7 Å². The Morgan fingerprint density at radius 3 is 2.62 bits per heavy atom. The third-order valence-corrected chi connectivity index (χ3v) is 2.52. The molecule has 0 heterocycles. The zero-order valence-electron chi connectivity index (χ0n) is 10.3. The second-order valence-electron chi connectivity index (χ2n) is 3.79. The highest BCUT2D eigenvalue weighted by molar-refractivity contribution is 5.43. The molecular weight excluding hydrogens is 200 g/mol. The van der Waals surface area contributed by atoms with E-state index in [0.29, 0.717) is 0 Å². The molecule has 0 bridgehead atoms. The Morgan fingerprint density at radius 1 is 1.19 bits per heavy atom. The van der Waals surface area contributed by atoms with Crippen molar-refractivity contribution in [1.29, 1.82) is 0 Å². The van der Waals surface area contributed by atoms with E-state index < -0.39 is 0 Å². The molecule has 1 radical (unpaired) electrons. The average molecular weight is 221 g/mol. The third-order valence-electron chi connectivity index (χ3n) is 2.52. The molecule has 0 atom stereocenters. The van der Waals surface area contributed by atoms with Crippen LogP contribution in [0.5, 0.6) is 11.5 Å². The predicted octanol–water partition coefficient (Wildman–Crippen LogP) is 3.64. The summed E-state index contributed by atoms with van der Waals surface area (Å²) in [6.07, 6.45) is 4.28. The maximum atomic E-state index is 5.68. The molecular formula is C14H21O2. The van der Waals surface area contributed by atoms with Crippen molar-refractivity contribution in [3.63, 3.8) is 0 Å². The van der Waals surface area contributed by atoms with E-state index in [1.54, 1.807) is 7.11 Å². The zero-order valence-corrected chi connectivity index (χ0v) is 10.3. The number of benzene rings is 1. The van der Waals surface area contributed by atoms with Crippen molar-refractivity contribution in [2.45, 2.75) is 32.6 Å². The van der Waals surface area contributed by atoms with Crippen molar-refractivity contribution in [3.05, 3.63) is 30.7 Å². The molecule has 2 nitrogen and oxygen atoms in total. The lowest BCUT2D eigenvalue weighted by molar-refractivity contribution is 0.286. The molecule has 0 aliphatic heterocycles. The maximum absolute atomic E-state index is 5.68. The van der Waals surface area contributed by atoms with E-state index in [0.717, 1.165) is 36.5 Å². The monoisotopic (exact) mass is 221 g/mol. The summed E-state index contributed by atoms with van der Waals surface area (Å²) in [6, 6.07) is 5.98. The smallest absolute Gasteiger partial charge is 0.161 e. The van der Waals surface area contributed by atoms with Gasteiger partial charge in [-0.3, -0.25) is 0 Å². The largest absolute Gasteiger partial charge is 0.493 e. The molecule has 2 heteroatoms. The van der Waals surface area contributed by atoms with Crippen molar-refractivity contribution < 1.29 is 9.47 Å². The second-order valence-corrected chi connectivity index (χ2v) is 3.79. The van der Waals surface area contributed by atoms with Gasteiger partial charge >= 0.3 is 0 Å². The molecule has 0 N–H and O–H groups in total. The van der Waals surface area contributed by atoms with Gasteiger partial charge in [-0.1, -0.05) is 25.8 Å². The van der Waals surface area contributed by atoms with Gasteiger partial charge in [0.05, 0.1) is 13.7 Å². The van der Waals surface area contributed by atoms with Gasteiger partial charge in [0.2, 0.25) is 0 Å². The van der Waals surface area contributed by atoms with Crippen molar-refractivity contribution in [3.8, 4) is 11.5 Å². The number of hydrogen-bond acceptors (Lipinski definition) is 2. The van der Waals surface area contributed by atoms with Crippen molar-refractivity contribution in [1.82, 2.24) is 0 Å². The van der Waals surface area contributed by atoms with E-state index in [9.17, 15) is 0 Å². The summed E-state index contributed by atoms with van der Waals surface area (Å²) in [4.78, 5) is 0. The zero-order chi connectivity index (χ0) is 11.8. The molecule has 0 saturated carbocycles. The second kappa shape index (κ2) is 7.15. The predicted molar refractivity (Wildman–Crippen MR) is 67.1 cm³/mol. The lowest BCUT2D eigenvalue weighted by atomic mass is 10.1. The van der Waals surface area contributed by atoms with Gasteiger partial charge < -0.3 is 9.47 Å². The SMILES string of the molecule is [CH2]Cc1ccc(OCCCCC)c(OC)c1. The molecule has 0 saturated heterocycles. The molecule has 0 amide bonds. The van der Waals surface area contributed by atoms with E-state index in [1.807, 2.05) is 18.2 Å². The first-order valence-electron chi connectivity index (χ1n) is 5.90. The highest BCUT2D eigenvalue weighted by atomic mass is 16.5. The Balaban J connectivity index is 2.57. The first kappa shape index (κ1) is 12.9. The Kier molecular flexibility index (Phi) is 5.76. The van der Waals surface area contributed by atoms with Gasteiger partial charge in [0.15, 0.2) is 11.5 Å². The van der Waals surface area contributed by atoms with Gasteiger partial charge in [0, 0.05) is 0 Å². The summed E-state index contributed by atoms with van der Waals surface area (Å²) in [6.45, 7) is 6.79. The Labute approximate surface area is 98.6 Å². The van der Waals surface area contributed by atoms with Gasteiger partial charge in [0.25, 0.3) is 0 Å². The van der Waals surface area contributed by atoms with Crippen LogP contribution >= 0.6 is 0 Å². The maximum Gasteiger partial charge on any atom is 0.161 e. The summed E-state index contributed by atoms with van der Waals surface area (Å²) >= 11 is 0. The highest BCUT2D eigenvalue weighted by Gasteiger charge is 2.04. The fourth-order valence-corrected chi connectivity index (χ4v) is 1.52. The number of hydrogen-bond donors (Lipinski definition) is 0. The van der Waals surface area contributed by atoms with Crippen LogP contribution in [-0.2, 0) is 6.42 Å². The molecule has 0 fully saturated rings. The van der Waals surface area contributed by atoms with E-state index in [4.69, 9.17) is 9.47 Å². The summed E-state index contributed by atoms with van der Waals surface area (Å²) in [7, 11) is 1.67. The van der Waals surface area contributed by atoms with Crippen LogP contribution in [-0.4, -0.2) is 13.7 Å². The minimum absolute atomic E-state index is 0.758. The molecule has 0 aliphatic rings. The summed E-state index contributed by atoms with van der Waals surface area (Å²) < 4.78 is 11.0. The molecule has 1 rings (SSSR count). The van der Waals surface area contributed by atoms with Crippen LogP contribution in [0, 0.1) is 6.92 Å². The van der Waals surface area contributed by atoms with Crippen molar-refractivity contribution >= 4 is 0 Å². The standard InChI is InChI=1S/C14H21O2/c1-4-6-7-10-16-13-9-8-12(5-2)11-14(13)15-3/h8-9,11H,2,4-7,10H2,1,3H3. The Hall–Kier alpha value is -1.18. The molecule has 0 spiro atoms. The molecule has 1 aromatic carbocycles. The quantitative estimate of drug-likeness (QED) is 0.654. The van der Waals surface area contributed by atoms with Gasteiger partial charge in [-0.05, 0) is 37.5 Å². The van der Waals surface area contributed by atoms with Crippen LogP contribution in [0.4, 0.5) is 0 Å². The summed E-state index contributed by atoms with van der Waals surface area (Å²) in [5.41, 5.74) is 1.16. The van der Waals surface area contributed by atoms with E-state index in [-0.39, 0.29) is 0 Å². The van der Waals surface area contributed by atoms with E-state index in [2.05, 4.69) is 13.8 Å². The fraction of sp³-hybridized carbons (Fsp3) is 0.500. The van der Waals surface area contributed by atoms with E-state index in [1.165, 1.54) is 12.8 Å². The Morgan fingerprint density at radius 2 is 2.00 bits per heavy atom. The summed E-state index contributed by atoms with van der Waals surface area (Å²) in [5, 5.41) is 0. The molecule has 16 heavy (non-hydrogen) atoms. The minimum Gasteiger partial charge on any atom is -0.493 e. The van der Waals surface area contributed by atoms with Crippen LogP contribution in [0.15, 0.2) is 18.2 Å². The Bertz CT molecular complexity index is 308. The van der Waals surface area contributed by atoms with E-state index >= 15 is 0 Å². The third kappa shape index (κ3) is 3.76. The van der Waals surface area contributed by atoms with Gasteiger partial charge in [-0.15, -0.1) is 0 Å². The van der Waals surface area contributed by atoms with Gasteiger partial charge in [-0.2, -0.15) is 0 Å². The van der Waals surface area contributed by atoms with Crippen molar-refractivity contribution in [2.24, 2.45) is 0 Å². The summed E-state index contributed by atoms with van der Waals surface area (Å²) in [5.74, 6) is 1.63. The number of methoxy groups -OCH3 is 1. The molecule has 0 aromatic heterocycles. The lowest BCUT2D eigenvalue weighted by Crippen LogP contribution is -1.99. The number of ether oxygens (including phenoxy) is 2. The topological polar surface area (TPSA) is 18.5 Å². The minimum atomic E-state index is 0.758. The normalized spacial score (nSPS) is 10.2. The molecule has 1 aromatic rings. The van der Waals surface area contributed by atoms with Crippen LogP contribution in [0.3, 0.4) is 0 Å². The van der Waals surface area contributed by atoms with Gasteiger partial charge in [0.1, 0.15) is 0 Å². The molecule has 0 unspecified atom stereocenters. The lowest BCUT2D eigenvalue weighted by Gasteiger charge is -2.11. The number of unbranched alkanes of at least 4 members (excludes halogenated alkanes) is 2. The van der Waals surface area contributed by atoms with Crippen LogP contribution in [0.1, 0.15) is 31.7 Å². The average Bonchev–Trinajstić information content (AvgIpc) is 2.34. The first-order chi connectivity index (χ1) is 7.81. The molecule has 89 valence electrons. The van der Waals surface area contributed by atoms with Gasteiger partial charge in [-0.25, -0.2) is 0 Å². The number of rotatable bonds is 7. The van der Waals surface area contributed by atoms with Crippen LogP contribution < -0.4 is 9.47 Å². The first-order valence-corrected chi connectivity index (χ1v) is 5.90. The van der Waals surface area contributed by atoms with Crippen LogP contribution in [0.2, 0.25) is 0 Å². The highest BCUT2D eigenvalue weighted by Crippen LogP contribution is 2.28. The van der Waals surface area contributed by atoms with Crippen LogP contribution in [0.25, 0.3) is 0 Å². The molecule has 0 aliphatic carbocycles. The fourth-order valence-electron chi connectivity index (χ4n) is 1.52.